The molecular weight excluding hydrogens is 270 g/mol. The highest BCUT2D eigenvalue weighted by Gasteiger charge is 2.26. The van der Waals surface area contributed by atoms with Crippen molar-refractivity contribution in [2.24, 2.45) is 0 Å². The molecule has 3 aromatic rings. The Bertz CT molecular complexity index is 774. The number of pyridine rings is 1. The maximum absolute atomic E-state index is 6.07. The molecule has 0 atom stereocenters. The summed E-state index contributed by atoms with van der Waals surface area (Å²) in [6, 6.07) is 12.2. The van der Waals surface area contributed by atoms with Crippen LogP contribution < -0.4 is 0 Å². The summed E-state index contributed by atoms with van der Waals surface area (Å²) in [6.07, 6.45) is 4.51. The van der Waals surface area contributed by atoms with Crippen molar-refractivity contribution in [1.82, 2.24) is 14.8 Å². The number of alkyl halides is 1. The third kappa shape index (κ3) is 1.98. The average Bonchev–Trinajstić information content (AvgIpc) is 3.23. The Kier molecular flexibility index (Phi) is 2.74. The summed E-state index contributed by atoms with van der Waals surface area (Å²) in [5.74, 6) is 1.97. The zero-order valence-corrected chi connectivity index (χ0v) is 11.7. The summed E-state index contributed by atoms with van der Waals surface area (Å²) in [7, 11) is 0. The van der Waals surface area contributed by atoms with Crippen molar-refractivity contribution in [3.8, 4) is 5.82 Å². The fourth-order valence-corrected chi connectivity index (χ4v) is 2.74. The third-order valence-electron chi connectivity index (χ3n) is 3.77. The minimum absolute atomic E-state index is 0.479. The van der Waals surface area contributed by atoms with Crippen molar-refractivity contribution < 1.29 is 0 Å². The molecule has 100 valence electrons. The molecule has 0 bridgehead atoms. The summed E-state index contributed by atoms with van der Waals surface area (Å²) >= 11 is 6.07. The molecule has 0 aliphatic heterocycles. The zero-order valence-electron chi connectivity index (χ0n) is 11.0. The highest BCUT2D eigenvalue weighted by Crippen LogP contribution is 2.39. The molecule has 1 fully saturated rings. The first-order valence-corrected chi connectivity index (χ1v) is 7.39. The van der Waals surface area contributed by atoms with E-state index in [1.807, 2.05) is 35.1 Å². The molecule has 1 aliphatic rings. The van der Waals surface area contributed by atoms with E-state index in [0.29, 0.717) is 11.8 Å². The molecule has 3 nitrogen and oxygen atoms in total. The van der Waals surface area contributed by atoms with Crippen LogP contribution in [0.2, 0.25) is 0 Å². The maximum Gasteiger partial charge on any atom is 0.154 e. The molecule has 1 saturated carbocycles. The van der Waals surface area contributed by atoms with Crippen LogP contribution in [0.3, 0.4) is 0 Å². The number of halogens is 1. The average molecular weight is 284 g/mol. The first-order valence-electron chi connectivity index (χ1n) is 6.86. The minimum Gasteiger partial charge on any atom is -0.229 e. The number of hydrogen-bond acceptors (Lipinski definition) is 2. The van der Waals surface area contributed by atoms with Crippen LogP contribution in [0.4, 0.5) is 0 Å². The normalized spacial score (nSPS) is 14.8. The van der Waals surface area contributed by atoms with Crippen molar-refractivity contribution in [2.45, 2.75) is 24.6 Å². The molecule has 0 amide bonds. The molecule has 0 radical (unpaired) electrons. The fraction of sp³-hybridized carbons (Fsp3) is 0.250. The van der Waals surface area contributed by atoms with E-state index in [4.69, 9.17) is 11.6 Å². The third-order valence-corrected chi connectivity index (χ3v) is 4.06. The van der Waals surface area contributed by atoms with E-state index in [9.17, 15) is 0 Å². The molecule has 0 N–H and O–H groups in total. The van der Waals surface area contributed by atoms with Gasteiger partial charge in [0.15, 0.2) is 5.82 Å². The zero-order chi connectivity index (χ0) is 13.5. The quantitative estimate of drug-likeness (QED) is 0.679. The topological polar surface area (TPSA) is 30.7 Å². The second kappa shape index (κ2) is 4.60. The van der Waals surface area contributed by atoms with Crippen LogP contribution >= 0.6 is 11.6 Å². The largest absolute Gasteiger partial charge is 0.229 e. The van der Waals surface area contributed by atoms with E-state index in [-0.39, 0.29) is 0 Å². The number of nitrogens with zero attached hydrogens (tertiary/aromatic N) is 3. The van der Waals surface area contributed by atoms with Gasteiger partial charge in [0.25, 0.3) is 0 Å². The molecule has 1 aliphatic carbocycles. The molecule has 2 aromatic heterocycles. The second-order valence-corrected chi connectivity index (χ2v) is 5.52. The highest BCUT2D eigenvalue weighted by molar-refractivity contribution is 6.18. The summed E-state index contributed by atoms with van der Waals surface area (Å²) in [4.78, 5) is 4.69. The van der Waals surface area contributed by atoms with Crippen LogP contribution in [0.5, 0.6) is 0 Å². The van der Waals surface area contributed by atoms with Crippen LogP contribution in [0, 0.1) is 0 Å². The van der Waals surface area contributed by atoms with Crippen LogP contribution in [-0.4, -0.2) is 14.8 Å². The number of fused-ring (bicyclic) bond motifs is 1. The van der Waals surface area contributed by atoms with Gasteiger partial charge in [-0.15, -0.1) is 11.6 Å². The van der Waals surface area contributed by atoms with Gasteiger partial charge in [-0.25, -0.2) is 9.67 Å². The standard InChI is InChI=1S/C16H14ClN3/c17-10-12-9-16(18-15-4-2-1-3-13(12)15)20-8-7-14(19-20)11-5-6-11/h1-4,7-9,11H,5-6,10H2. The number of para-hydroxylation sites is 1. The van der Waals surface area contributed by atoms with Crippen LogP contribution in [0.1, 0.15) is 30.0 Å². The number of aromatic nitrogens is 3. The highest BCUT2D eigenvalue weighted by atomic mass is 35.5. The van der Waals surface area contributed by atoms with E-state index in [1.54, 1.807) is 0 Å². The van der Waals surface area contributed by atoms with Crippen molar-refractivity contribution in [3.63, 3.8) is 0 Å². The van der Waals surface area contributed by atoms with Gasteiger partial charge in [0.1, 0.15) is 0 Å². The Morgan fingerprint density at radius 3 is 2.85 bits per heavy atom. The summed E-state index contributed by atoms with van der Waals surface area (Å²) in [6.45, 7) is 0. The molecular formula is C16H14ClN3. The predicted octanol–water partition coefficient (Wildman–Crippen LogP) is 4.04. The van der Waals surface area contributed by atoms with Crippen LogP contribution in [-0.2, 0) is 5.88 Å². The molecule has 20 heavy (non-hydrogen) atoms. The SMILES string of the molecule is ClCc1cc(-n2ccc(C3CC3)n2)nc2ccccc12. The number of rotatable bonds is 3. The Labute approximate surface area is 122 Å². The Balaban J connectivity index is 1.85. The second-order valence-electron chi connectivity index (χ2n) is 5.25. The van der Waals surface area contributed by atoms with Crippen molar-refractivity contribution in [2.75, 3.05) is 0 Å². The van der Waals surface area contributed by atoms with E-state index >= 15 is 0 Å². The summed E-state index contributed by atoms with van der Waals surface area (Å²) < 4.78 is 1.86. The molecule has 4 heteroatoms. The lowest BCUT2D eigenvalue weighted by Crippen LogP contribution is -2.01. The van der Waals surface area contributed by atoms with E-state index < -0.39 is 0 Å². The van der Waals surface area contributed by atoms with Gasteiger partial charge in [-0.3, -0.25) is 0 Å². The van der Waals surface area contributed by atoms with E-state index in [2.05, 4.69) is 22.2 Å². The monoisotopic (exact) mass is 283 g/mol. The van der Waals surface area contributed by atoms with E-state index in [1.165, 1.54) is 18.5 Å². The molecule has 0 unspecified atom stereocenters. The van der Waals surface area contributed by atoms with Crippen molar-refractivity contribution >= 4 is 22.5 Å². The lowest BCUT2D eigenvalue weighted by molar-refractivity contribution is 0.816. The predicted molar refractivity (Wildman–Crippen MR) is 80.4 cm³/mol. The van der Waals surface area contributed by atoms with Gasteiger partial charge >= 0.3 is 0 Å². The summed E-state index contributed by atoms with van der Waals surface area (Å²) in [5, 5.41) is 5.75. The lowest BCUT2D eigenvalue weighted by Gasteiger charge is -2.07. The number of hydrogen-bond donors (Lipinski definition) is 0. The number of benzene rings is 1. The van der Waals surface area contributed by atoms with Crippen molar-refractivity contribution in [3.05, 3.63) is 53.9 Å². The lowest BCUT2D eigenvalue weighted by atomic mass is 10.1. The maximum atomic E-state index is 6.07. The minimum atomic E-state index is 0.479. The van der Waals surface area contributed by atoms with Gasteiger partial charge in [0, 0.05) is 23.4 Å². The van der Waals surface area contributed by atoms with Gasteiger partial charge in [0.05, 0.1) is 11.2 Å². The fourth-order valence-electron chi connectivity index (χ4n) is 2.52. The van der Waals surface area contributed by atoms with E-state index in [0.717, 1.165) is 22.3 Å². The Hall–Kier alpha value is -1.87. The van der Waals surface area contributed by atoms with Crippen molar-refractivity contribution in [1.29, 1.82) is 0 Å². The molecule has 0 spiro atoms. The van der Waals surface area contributed by atoms with Gasteiger partial charge in [-0.1, -0.05) is 18.2 Å². The van der Waals surface area contributed by atoms with Gasteiger partial charge in [-0.2, -0.15) is 5.10 Å². The van der Waals surface area contributed by atoms with Gasteiger partial charge in [0.2, 0.25) is 0 Å². The van der Waals surface area contributed by atoms with Crippen LogP contribution in [0.25, 0.3) is 16.7 Å². The molecule has 2 heterocycles. The Morgan fingerprint density at radius 2 is 2.05 bits per heavy atom. The molecule has 1 aromatic carbocycles. The van der Waals surface area contributed by atoms with Crippen LogP contribution in [0.15, 0.2) is 42.6 Å². The first-order chi connectivity index (χ1) is 9.85. The first kappa shape index (κ1) is 11.9. The smallest absolute Gasteiger partial charge is 0.154 e. The summed E-state index contributed by atoms with van der Waals surface area (Å²) in [5.41, 5.74) is 3.23. The van der Waals surface area contributed by atoms with Gasteiger partial charge in [-0.05, 0) is 36.6 Å². The Morgan fingerprint density at radius 1 is 1.20 bits per heavy atom. The van der Waals surface area contributed by atoms with Gasteiger partial charge < -0.3 is 0 Å². The molecule has 4 rings (SSSR count). The molecule has 0 saturated heterocycles.